The molecule has 90 valence electrons. The van der Waals surface area contributed by atoms with Crippen LogP contribution in [0.3, 0.4) is 0 Å². The first-order valence-electron chi connectivity index (χ1n) is 5.90. The van der Waals surface area contributed by atoms with Crippen LogP contribution in [-0.4, -0.2) is 16.5 Å². The maximum Gasteiger partial charge on any atom is 0.143 e. The average molecular weight is 333 g/mol. The van der Waals surface area contributed by atoms with Crippen molar-refractivity contribution < 1.29 is 0 Å². The van der Waals surface area contributed by atoms with Gasteiger partial charge in [0.25, 0.3) is 0 Å². The smallest absolute Gasteiger partial charge is 0.143 e. The lowest BCUT2D eigenvalue weighted by Crippen LogP contribution is -2.10. The van der Waals surface area contributed by atoms with E-state index in [2.05, 4.69) is 65.6 Å². The average Bonchev–Trinajstić information content (AvgIpc) is 2.24. The third-order valence-corrected chi connectivity index (χ3v) is 3.42. The van der Waals surface area contributed by atoms with Gasteiger partial charge in [-0.15, -0.1) is 0 Å². The zero-order chi connectivity index (χ0) is 12.1. The topological polar surface area (TPSA) is 37.8 Å². The van der Waals surface area contributed by atoms with E-state index < -0.39 is 0 Å². The largest absolute Gasteiger partial charge is 0.369 e. The number of rotatable bonds is 5. The predicted molar refractivity (Wildman–Crippen MR) is 77.0 cm³/mol. The molecule has 0 spiro atoms. The molecule has 0 amide bonds. The Bertz CT molecular complexity index is 323. The minimum absolute atomic E-state index is 0.380. The van der Waals surface area contributed by atoms with Crippen molar-refractivity contribution in [2.24, 2.45) is 0 Å². The highest BCUT2D eigenvalue weighted by atomic mass is 127. The fourth-order valence-electron chi connectivity index (χ4n) is 1.46. The second kappa shape index (κ2) is 6.37. The van der Waals surface area contributed by atoms with E-state index >= 15 is 0 Å². The van der Waals surface area contributed by atoms with Crippen molar-refractivity contribution in [2.75, 3.05) is 11.9 Å². The molecular formula is C12H20IN3. The van der Waals surface area contributed by atoms with Crippen molar-refractivity contribution in [3.63, 3.8) is 0 Å². The van der Waals surface area contributed by atoms with Crippen molar-refractivity contribution in [1.82, 2.24) is 9.97 Å². The van der Waals surface area contributed by atoms with Crippen LogP contribution in [0, 0.1) is 3.57 Å². The number of aryl methyl sites for hydroxylation is 1. The van der Waals surface area contributed by atoms with Gasteiger partial charge in [-0.05, 0) is 35.9 Å². The molecule has 1 aromatic rings. The highest BCUT2D eigenvalue weighted by Crippen LogP contribution is 2.22. The Morgan fingerprint density at radius 2 is 1.94 bits per heavy atom. The minimum Gasteiger partial charge on any atom is -0.369 e. The summed E-state index contributed by atoms with van der Waals surface area (Å²) in [5.74, 6) is 2.31. The molecule has 0 aromatic carbocycles. The van der Waals surface area contributed by atoms with Crippen LogP contribution in [0.2, 0.25) is 0 Å². The van der Waals surface area contributed by atoms with Crippen LogP contribution in [0.1, 0.15) is 51.6 Å². The molecule has 1 aromatic heterocycles. The lowest BCUT2D eigenvalue weighted by molar-refractivity contribution is 0.745. The number of hydrogen-bond acceptors (Lipinski definition) is 3. The molecule has 0 atom stereocenters. The van der Waals surface area contributed by atoms with Crippen LogP contribution in [0.15, 0.2) is 0 Å². The van der Waals surface area contributed by atoms with Gasteiger partial charge in [-0.1, -0.05) is 27.2 Å². The second-order valence-electron chi connectivity index (χ2n) is 4.13. The Hall–Kier alpha value is -0.390. The summed E-state index contributed by atoms with van der Waals surface area (Å²) in [5.41, 5.74) is 1.18. The first kappa shape index (κ1) is 13.7. The van der Waals surface area contributed by atoms with Crippen molar-refractivity contribution in [1.29, 1.82) is 0 Å². The van der Waals surface area contributed by atoms with Gasteiger partial charge in [0.05, 0.1) is 9.26 Å². The fraction of sp³-hybridized carbons (Fsp3) is 0.667. The van der Waals surface area contributed by atoms with Gasteiger partial charge in [-0.3, -0.25) is 0 Å². The molecule has 0 aliphatic carbocycles. The maximum absolute atomic E-state index is 4.65. The van der Waals surface area contributed by atoms with Gasteiger partial charge in [0, 0.05) is 12.5 Å². The van der Waals surface area contributed by atoms with Crippen molar-refractivity contribution >= 4 is 28.4 Å². The minimum atomic E-state index is 0.380. The lowest BCUT2D eigenvalue weighted by Gasteiger charge is -2.13. The first-order valence-corrected chi connectivity index (χ1v) is 6.98. The Morgan fingerprint density at radius 3 is 2.44 bits per heavy atom. The predicted octanol–water partition coefficient (Wildman–Crippen LogP) is 3.59. The number of aromatic nitrogens is 2. The molecule has 16 heavy (non-hydrogen) atoms. The van der Waals surface area contributed by atoms with E-state index in [1.165, 1.54) is 9.26 Å². The Morgan fingerprint density at radius 1 is 1.25 bits per heavy atom. The number of nitrogens with zero attached hydrogens (tertiary/aromatic N) is 2. The molecular weight excluding hydrogens is 313 g/mol. The van der Waals surface area contributed by atoms with Gasteiger partial charge < -0.3 is 5.32 Å². The molecule has 0 unspecified atom stereocenters. The van der Waals surface area contributed by atoms with Crippen LogP contribution >= 0.6 is 22.6 Å². The molecule has 1 heterocycles. The third kappa shape index (κ3) is 3.30. The number of anilines is 1. The summed E-state index contributed by atoms with van der Waals surface area (Å²) in [7, 11) is 0. The number of hydrogen-bond donors (Lipinski definition) is 1. The summed E-state index contributed by atoms with van der Waals surface area (Å²) < 4.78 is 1.17. The van der Waals surface area contributed by atoms with E-state index in [1.807, 2.05) is 0 Å². The van der Waals surface area contributed by atoms with Gasteiger partial charge in [0.15, 0.2) is 0 Å². The summed E-state index contributed by atoms with van der Waals surface area (Å²) in [5, 5.41) is 3.31. The van der Waals surface area contributed by atoms with Crippen LogP contribution in [-0.2, 0) is 6.42 Å². The Labute approximate surface area is 112 Å². The van der Waals surface area contributed by atoms with E-state index in [0.29, 0.717) is 5.92 Å². The van der Waals surface area contributed by atoms with E-state index in [9.17, 15) is 0 Å². The number of nitrogens with one attached hydrogen (secondary N) is 1. The SMILES string of the molecule is CCCc1nc(C(C)C)nc(NCC)c1I. The quantitative estimate of drug-likeness (QED) is 0.837. The number of halogens is 1. The molecule has 4 heteroatoms. The van der Waals surface area contributed by atoms with Gasteiger partial charge in [0.1, 0.15) is 11.6 Å². The van der Waals surface area contributed by atoms with Crippen LogP contribution in [0.25, 0.3) is 0 Å². The van der Waals surface area contributed by atoms with Crippen LogP contribution in [0.4, 0.5) is 5.82 Å². The van der Waals surface area contributed by atoms with Gasteiger partial charge in [0.2, 0.25) is 0 Å². The van der Waals surface area contributed by atoms with E-state index in [-0.39, 0.29) is 0 Å². The molecule has 0 saturated heterocycles. The zero-order valence-corrected chi connectivity index (χ0v) is 12.6. The fourth-order valence-corrected chi connectivity index (χ4v) is 2.16. The van der Waals surface area contributed by atoms with E-state index in [0.717, 1.165) is 31.0 Å². The van der Waals surface area contributed by atoms with Gasteiger partial charge >= 0.3 is 0 Å². The summed E-state index contributed by atoms with van der Waals surface area (Å²) >= 11 is 2.34. The summed E-state index contributed by atoms with van der Waals surface area (Å²) in [6.45, 7) is 9.43. The maximum atomic E-state index is 4.65. The van der Waals surface area contributed by atoms with E-state index in [1.54, 1.807) is 0 Å². The Kier molecular flexibility index (Phi) is 5.44. The van der Waals surface area contributed by atoms with Gasteiger partial charge in [-0.2, -0.15) is 0 Å². The van der Waals surface area contributed by atoms with E-state index in [4.69, 9.17) is 0 Å². The molecule has 0 aliphatic rings. The first-order chi connectivity index (χ1) is 7.60. The molecule has 0 bridgehead atoms. The van der Waals surface area contributed by atoms with Crippen molar-refractivity contribution in [3.8, 4) is 0 Å². The summed E-state index contributed by atoms with van der Waals surface area (Å²) in [6, 6.07) is 0. The molecule has 0 aliphatic heterocycles. The normalized spacial score (nSPS) is 10.9. The molecule has 0 radical (unpaired) electrons. The zero-order valence-electron chi connectivity index (χ0n) is 10.5. The second-order valence-corrected chi connectivity index (χ2v) is 5.20. The Balaban J connectivity index is 3.16. The third-order valence-electron chi connectivity index (χ3n) is 2.28. The molecule has 0 saturated carbocycles. The monoisotopic (exact) mass is 333 g/mol. The van der Waals surface area contributed by atoms with Crippen molar-refractivity contribution in [3.05, 3.63) is 15.1 Å². The standard InChI is InChI=1S/C12H20IN3/c1-5-7-9-10(13)12(14-6-2)16-11(15-9)8(3)4/h8H,5-7H2,1-4H3,(H,14,15,16). The molecule has 3 nitrogen and oxygen atoms in total. The highest BCUT2D eigenvalue weighted by molar-refractivity contribution is 14.1. The molecule has 1 N–H and O–H groups in total. The van der Waals surface area contributed by atoms with Crippen LogP contribution < -0.4 is 5.32 Å². The van der Waals surface area contributed by atoms with Crippen LogP contribution in [0.5, 0.6) is 0 Å². The summed E-state index contributed by atoms with van der Waals surface area (Å²) in [6.07, 6.45) is 2.15. The molecule has 1 rings (SSSR count). The van der Waals surface area contributed by atoms with Crippen molar-refractivity contribution in [2.45, 2.75) is 46.5 Å². The summed E-state index contributed by atoms with van der Waals surface area (Å²) in [4.78, 5) is 9.22. The van der Waals surface area contributed by atoms with Gasteiger partial charge in [-0.25, -0.2) is 9.97 Å². The lowest BCUT2D eigenvalue weighted by atomic mass is 10.2. The molecule has 0 fully saturated rings. The highest BCUT2D eigenvalue weighted by Gasteiger charge is 2.12.